The fraction of sp³-hybridized carbons (Fsp3) is 0.750. The van der Waals surface area contributed by atoms with E-state index in [2.05, 4.69) is 34.0 Å². The molecular weight excluding hydrogens is 264 g/mol. The summed E-state index contributed by atoms with van der Waals surface area (Å²) in [6.07, 6.45) is 4.58. The molecule has 1 saturated heterocycles. The van der Waals surface area contributed by atoms with Crippen molar-refractivity contribution in [1.29, 1.82) is 0 Å². The Morgan fingerprint density at radius 2 is 2.19 bits per heavy atom. The van der Waals surface area contributed by atoms with Crippen LogP contribution in [-0.4, -0.2) is 42.3 Å². The van der Waals surface area contributed by atoms with Crippen molar-refractivity contribution in [3.05, 3.63) is 11.8 Å². The van der Waals surface area contributed by atoms with Gasteiger partial charge in [0, 0.05) is 30.9 Å². The molecule has 5 nitrogen and oxygen atoms in total. The van der Waals surface area contributed by atoms with E-state index in [1.165, 1.54) is 19.3 Å². The Hall–Kier alpha value is -1.36. The van der Waals surface area contributed by atoms with Crippen molar-refractivity contribution in [2.24, 2.45) is 0 Å². The van der Waals surface area contributed by atoms with Gasteiger partial charge in [0.2, 0.25) is 11.8 Å². The molecule has 1 aromatic heterocycles. The Labute approximate surface area is 128 Å². The molecule has 0 aromatic carbocycles. The Morgan fingerprint density at radius 3 is 2.95 bits per heavy atom. The monoisotopic (exact) mass is 292 g/mol. The topological polar surface area (TPSA) is 50.3 Å². The van der Waals surface area contributed by atoms with Crippen molar-refractivity contribution in [2.45, 2.75) is 52.5 Å². The highest BCUT2D eigenvalue weighted by atomic mass is 16.5. The summed E-state index contributed by atoms with van der Waals surface area (Å²) in [5, 5.41) is 3.51. The Kier molecular flexibility index (Phi) is 6.23. The number of hydrogen-bond acceptors (Lipinski definition) is 5. The molecule has 0 saturated carbocycles. The Morgan fingerprint density at radius 1 is 1.33 bits per heavy atom. The molecule has 118 valence electrons. The zero-order valence-electron chi connectivity index (χ0n) is 13.6. The summed E-state index contributed by atoms with van der Waals surface area (Å²) in [7, 11) is 0. The molecule has 1 aromatic rings. The van der Waals surface area contributed by atoms with Gasteiger partial charge in [-0.15, -0.1) is 0 Å². The van der Waals surface area contributed by atoms with Crippen LogP contribution >= 0.6 is 0 Å². The van der Waals surface area contributed by atoms with Gasteiger partial charge in [-0.3, -0.25) is 0 Å². The van der Waals surface area contributed by atoms with Gasteiger partial charge in [0.15, 0.2) is 0 Å². The predicted octanol–water partition coefficient (Wildman–Crippen LogP) is 2.54. The van der Waals surface area contributed by atoms with E-state index in [9.17, 15) is 0 Å². The van der Waals surface area contributed by atoms with Crippen LogP contribution in [0.2, 0.25) is 0 Å². The quantitative estimate of drug-likeness (QED) is 0.746. The number of aromatic nitrogens is 2. The summed E-state index contributed by atoms with van der Waals surface area (Å²) in [4.78, 5) is 11.5. The molecule has 1 aliphatic heterocycles. The molecule has 21 heavy (non-hydrogen) atoms. The number of nitrogens with one attached hydrogen (secondary N) is 1. The second-order valence-corrected chi connectivity index (χ2v) is 5.69. The molecule has 0 bridgehead atoms. The van der Waals surface area contributed by atoms with Crippen molar-refractivity contribution >= 4 is 5.95 Å². The lowest BCUT2D eigenvalue weighted by atomic mass is 10.2. The van der Waals surface area contributed by atoms with Crippen molar-refractivity contribution in [1.82, 2.24) is 15.3 Å². The lowest BCUT2D eigenvalue weighted by Gasteiger charge is -2.25. The van der Waals surface area contributed by atoms with Gasteiger partial charge in [0.1, 0.15) is 0 Å². The van der Waals surface area contributed by atoms with Gasteiger partial charge in [-0.25, -0.2) is 4.98 Å². The van der Waals surface area contributed by atoms with Crippen LogP contribution in [0.15, 0.2) is 6.07 Å². The van der Waals surface area contributed by atoms with E-state index in [1.54, 1.807) is 0 Å². The van der Waals surface area contributed by atoms with E-state index in [-0.39, 0.29) is 0 Å². The molecule has 5 heteroatoms. The summed E-state index contributed by atoms with van der Waals surface area (Å²) >= 11 is 0. The molecule has 1 fully saturated rings. The fourth-order valence-corrected chi connectivity index (χ4v) is 2.69. The van der Waals surface area contributed by atoms with E-state index in [4.69, 9.17) is 4.74 Å². The van der Waals surface area contributed by atoms with Gasteiger partial charge in [-0.1, -0.05) is 13.8 Å². The van der Waals surface area contributed by atoms with Crippen LogP contribution in [0.25, 0.3) is 0 Å². The van der Waals surface area contributed by atoms with E-state index < -0.39 is 0 Å². The average molecular weight is 292 g/mol. The largest absolute Gasteiger partial charge is 0.478 e. The highest BCUT2D eigenvalue weighted by Gasteiger charge is 2.26. The molecule has 1 N–H and O–H groups in total. The smallest absolute Gasteiger partial charge is 0.229 e. The molecule has 2 rings (SSSR count). The SMILES string of the molecule is CCCNCC1CCCN1c1nc(C)cc(OCCC)n1. The highest BCUT2D eigenvalue weighted by molar-refractivity contribution is 5.37. The van der Waals surface area contributed by atoms with E-state index in [0.717, 1.165) is 37.7 Å². The second kappa shape index (κ2) is 8.17. The van der Waals surface area contributed by atoms with Crippen LogP contribution in [0.3, 0.4) is 0 Å². The molecule has 2 heterocycles. The molecule has 1 atom stereocenters. The zero-order valence-corrected chi connectivity index (χ0v) is 13.6. The molecule has 1 aliphatic rings. The summed E-state index contributed by atoms with van der Waals surface area (Å²) in [6.45, 7) is 10.1. The minimum Gasteiger partial charge on any atom is -0.478 e. The number of anilines is 1. The summed E-state index contributed by atoms with van der Waals surface area (Å²) in [5.41, 5.74) is 0.971. The lowest BCUT2D eigenvalue weighted by molar-refractivity contribution is 0.304. The summed E-state index contributed by atoms with van der Waals surface area (Å²) in [6, 6.07) is 2.41. The van der Waals surface area contributed by atoms with E-state index >= 15 is 0 Å². The predicted molar refractivity (Wildman–Crippen MR) is 86.1 cm³/mol. The fourth-order valence-electron chi connectivity index (χ4n) is 2.69. The molecular formula is C16H28N4O. The number of hydrogen-bond donors (Lipinski definition) is 1. The lowest BCUT2D eigenvalue weighted by Crippen LogP contribution is -2.39. The standard InChI is InChI=1S/C16H28N4O/c1-4-8-17-12-14-7-6-9-20(14)16-18-13(3)11-15(19-16)21-10-5-2/h11,14,17H,4-10,12H2,1-3H3. The van der Waals surface area contributed by atoms with Gasteiger partial charge in [-0.2, -0.15) is 4.98 Å². The maximum atomic E-state index is 5.68. The first kappa shape index (κ1) is 16.0. The normalized spacial score (nSPS) is 18.2. The van der Waals surface area contributed by atoms with E-state index in [1.807, 2.05) is 13.0 Å². The minimum absolute atomic E-state index is 0.498. The van der Waals surface area contributed by atoms with Gasteiger partial charge < -0.3 is 15.0 Å². The number of rotatable bonds is 8. The van der Waals surface area contributed by atoms with Crippen LogP contribution in [-0.2, 0) is 0 Å². The maximum absolute atomic E-state index is 5.68. The third-order valence-electron chi connectivity index (χ3n) is 3.71. The second-order valence-electron chi connectivity index (χ2n) is 5.69. The van der Waals surface area contributed by atoms with Crippen molar-refractivity contribution in [2.75, 3.05) is 31.1 Å². The van der Waals surface area contributed by atoms with Gasteiger partial charge in [0.25, 0.3) is 0 Å². The first-order valence-electron chi connectivity index (χ1n) is 8.20. The number of nitrogens with zero attached hydrogens (tertiary/aromatic N) is 3. The highest BCUT2D eigenvalue weighted by Crippen LogP contribution is 2.24. The van der Waals surface area contributed by atoms with Crippen molar-refractivity contribution in [3.63, 3.8) is 0 Å². The summed E-state index contributed by atoms with van der Waals surface area (Å²) < 4.78 is 5.68. The average Bonchev–Trinajstić information content (AvgIpc) is 2.93. The zero-order chi connectivity index (χ0) is 15.1. The van der Waals surface area contributed by atoms with Crippen LogP contribution in [0.4, 0.5) is 5.95 Å². The molecule has 0 amide bonds. The van der Waals surface area contributed by atoms with Crippen LogP contribution in [0.5, 0.6) is 5.88 Å². The summed E-state index contributed by atoms with van der Waals surface area (Å²) in [5.74, 6) is 1.52. The van der Waals surface area contributed by atoms with Gasteiger partial charge >= 0.3 is 0 Å². The number of ether oxygens (including phenoxy) is 1. The molecule has 0 aliphatic carbocycles. The van der Waals surface area contributed by atoms with Gasteiger partial charge in [0.05, 0.1) is 6.61 Å². The third kappa shape index (κ3) is 4.56. The minimum atomic E-state index is 0.498. The van der Waals surface area contributed by atoms with Crippen LogP contribution in [0, 0.1) is 6.92 Å². The van der Waals surface area contributed by atoms with E-state index in [0.29, 0.717) is 18.5 Å². The van der Waals surface area contributed by atoms with Crippen molar-refractivity contribution in [3.8, 4) is 5.88 Å². The Bertz CT molecular complexity index is 438. The van der Waals surface area contributed by atoms with Gasteiger partial charge in [-0.05, 0) is 39.2 Å². The first-order valence-corrected chi connectivity index (χ1v) is 8.20. The first-order chi connectivity index (χ1) is 10.2. The molecule has 0 radical (unpaired) electrons. The number of aryl methyl sites for hydroxylation is 1. The van der Waals surface area contributed by atoms with Crippen LogP contribution in [0.1, 0.15) is 45.2 Å². The van der Waals surface area contributed by atoms with Crippen LogP contribution < -0.4 is 15.0 Å². The third-order valence-corrected chi connectivity index (χ3v) is 3.71. The Balaban J connectivity index is 2.06. The molecule has 1 unspecified atom stereocenters. The van der Waals surface area contributed by atoms with Crippen molar-refractivity contribution < 1.29 is 4.74 Å². The molecule has 0 spiro atoms. The maximum Gasteiger partial charge on any atom is 0.229 e.